The van der Waals surface area contributed by atoms with Crippen LogP contribution in [0, 0.1) is 0 Å². The van der Waals surface area contributed by atoms with Gasteiger partial charge in [0.2, 0.25) is 0 Å². The number of nitrogens with zero attached hydrogens (tertiary/aromatic N) is 3. The summed E-state index contributed by atoms with van der Waals surface area (Å²) in [5.74, 6) is 0.135. The first-order chi connectivity index (χ1) is 13.9. The molecule has 2 aliphatic carbocycles. The van der Waals surface area contributed by atoms with Gasteiger partial charge in [-0.15, -0.1) is 0 Å². The van der Waals surface area contributed by atoms with Crippen molar-refractivity contribution in [2.75, 3.05) is 0 Å². The molecule has 1 aromatic carbocycles. The van der Waals surface area contributed by atoms with E-state index in [1.54, 1.807) is 13.8 Å². The lowest BCUT2D eigenvalue weighted by atomic mass is 9.91. The van der Waals surface area contributed by atoms with Crippen LogP contribution in [0.2, 0.25) is 0 Å². The second-order valence-electron chi connectivity index (χ2n) is 9.21. The smallest absolute Gasteiger partial charge is 0.255 e. The van der Waals surface area contributed by atoms with E-state index in [9.17, 15) is 9.90 Å². The summed E-state index contributed by atoms with van der Waals surface area (Å²) in [4.78, 5) is 15.9. The average molecular weight is 393 g/mol. The minimum absolute atomic E-state index is 0.135. The third kappa shape index (κ3) is 3.46. The van der Waals surface area contributed by atoms with Crippen molar-refractivity contribution in [1.82, 2.24) is 19.7 Å². The minimum atomic E-state index is -0.809. The summed E-state index contributed by atoms with van der Waals surface area (Å²) in [5, 5.41) is 18.5. The molecule has 1 amide bonds. The first kappa shape index (κ1) is 18.4. The van der Waals surface area contributed by atoms with Gasteiger partial charge in [-0.1, -0.05) is 6.07 Å². The second-order valence-corrected chi connectivity index (χ2v) is 9.21. The third-order valence-corrected chi connectivity index (χ3v) is 6.16. The van der Waals surface area contributed by atoms with Gasteiger partial charge in [-0.2, -0.15) is 5.10 Å². The van der Waals surface area contributed by atoms with Crippen molar-refractivity contribution >= 4 is 16.8 Å². The van der Waals surface area contributed by atoms with Crippen molar-refractivity contribution in [1.29, 1.82) is 0 Å². The quantitative estimate of drug-likeness (QED) is 0.700. The number of aromatic amines is 1. The lowest BCUT2D eigenvalue weighted by Gasteiger charge is -2.34. The Labute approximate surface area is 170 Å². The molecule has 6 nitrogen and oxygen atoms in total. The van der Waals surface area contributed by atoms with E-state index in [0.29, 0.717) is 12.6 Å². The number of carbonyl (C=O) groups excluding carboxylic acids is 1. The lowest BCUT2D eigenvalue weighted by molar-refractivity contribution is 0.0627. The molecular formula is C23H28N4O2. The van der Waals surface area contributed by atoms with E-state index in [4.69, 9.17) is 0 Å². The summed E-state index contributed by atoms with van der Waals surface area (Å²) in [6, 6.07) is 8.52. The van der Waals surface area contributed by atoms with Crippen LogP contribution in [0.15, 0.2) is 36.7 Å². The highest BCUT2D eigenvalue weighted by molar-refractivity contribution is 6.07. The number of carbonyl (C=O) groups is 1. The van der Waals surface area contributed by atoms with E-state index < -0.39 is 5.60 Å². The molecule has 0 aliphatic heterocycles. The van der Waals surface area contributed by atoms with Crippen LogP contribution in [0.4, 0.5) is 0 Å². The minimum Gasteiger partial charge on any atom is -0.389 e. The van der Waals surface area contributed by atoms with Gasteiger partial charge in [-0.05, 0) is 69.7 Å². The number of fused-ring (bicyclic) bond motifs is 2. The summed E-state index contributed by atoms with van der Waals surface area (Å²) in [5.41, 5.74) is 3.41. The van der Waals surface area contributed by atoms with Crippen LogP contribution in [0.1, 0.15) is 54.7 Å². The number of aromatic nitrogens is 3. The summed E-state index contributed by atoms with van der Waals surface area (Å²) < 4.78 is 2.03. The number of hydrogen-bond donors (Lipinski definition) is 2. The normalized spacial score (nSPS) is 19.3. The van der Waals surface area contributed by atoms with Gasteiger partial charge >= 0.3 is 0 Å². The number of aryl methyl sites for hydroxylation is 1. The number of hydrogen-bond acceptors (Lipinski definition) is 3. The number of nitrogens with one attached hydrogen (secondary N) is 1. The zero-order valence-electron chi connectivity index (χ0n) is 17.1. The molecule has 152 valence electrons. The molecule has 5 rings (SSSR count). The summed E-state index contributed by atoms with van der Waals surface area (Å²) in [6.07, 6.45) is 8.87. The molecule has 1 unspecified atom stereocenters. The van der Waals surface area contributed by atoms with Crippen LogP contribution in [0.5, 0.6) is 0 Å². The molecule has 0 bridgehead atoms. The predicted octanol–water partition coefficient (Wildman–Crippen LogP) is 3.30. The van der Waals surface area contributed by atoms with Crippen LogP contribution in [0.25, 0.3) is 10.9 Å². The standard InChI is InChI=1S/C23H28N4O2/c1-23(2,29)14-26-11-10-18-19(4-3-5-21(18)26)22(28)27(16-6-7-16)17-8-9-20-15(12-17)13-24-25-20/h3-5,10-11,13,16-17,29H,6-9,12,14H2,1-2H3,(H,24,25). The molecule has 0 spiro atoms. The topological polar surface area (TPSA) is 74.2 Å². The van der Waals surface area contributed by atoms with E-state index in [-0.39, 0.29) is 11.9 Å². The van der Waals surface area contributed by atoms with Crippen LogP contribution in [-0.4, -0.2) is 48.4 Å². The Balaban J connectivity index is 1.48. The average Bonchev–Trinajstić information content (AvgIpc) is 3.25. The molecule has 2 aliphatic rings. The maximum absolute atomic E-state index is 13.7. The first-order valence-electron chi connectivity index (χ1n) is 10.5. The van der Waals surface area contributed by atoms with E-state index in [1.165, 1.54) is 11.3 Å². The molecule has 29 heavy (non-hydrogen) atoms. The molecule has 2 aromatic heterocycles. The maximum Gasteiger partial charge on any atom is 0.255 e. The Bertz CT molecular complexity index is 1050. The fourth-order valence-corrected chi connectivity index (χ4v) is 4.72. The van der Waals surface area contributed by atoms with Crippen LogP contribution >= 0.6 is 0 Å². The fraction of sp³-hybridized carbons (Fsp3) is 0.478. The highest BCUT2D eigenvalue weighted by Crippen LogP contribution is 2.35. The van der Waals surface area contributed by atoms with Crippen molar-refractivity contribution in [2.45, 2.75) is 70.2 Å². The molecule has 6 heteroatoms. The van der Waals surface area contributed by atoms with Gasteiger partial charge in [0.25, 0.3) is 5.91 Å². The molecule has 0 saturated heterocycles. The van der Waals surface area contributed by atoms with E-state index >= 15 is 0 Å². The monoisotopic (exact) mass is 392 g/mol. The van der Waals surface area contributed by atoms with E-state index in [0.717, 1.165) is 48.6 Å². The molecule has 1 saturated carbocycles. The molecule has 0 radical (unpaired) electrons. The van der Waals surface area contributed by atoms with Crippen LogP contribution in [-0.2, 0) is 19.4 Å². The molecule has 1 atom stereocenters. The fourth-order valence-electron chi connectivity index (χ4n) is 4.72. The van der Waals surface area contributed by atoms with Crippen LogP contribution in [0.3, 0.4) is 0 Å². The Morgan fingerprint density at radius 1 is 1.28 bits per heavy atom. The van der Waals surface area contributed by atoms with Crippen molar-refractivity contribution in [3.05, 3.63) is 53.5 Å². The first-order valence-corrected chi connectivity index (χ1v) is 10.5. The second kappa shape index (κ2) is 6.73. The lowest BCUT2D eigenvalue weighted by Crippen LogP contribution is -2.44. The summed E-state index contributed by atoms with van der Waals surface area (Å²) in [7, 11) is 0. The zero-order chi connectivity index (χ0) is 20.2. The Kier molecular flexibility index (Phi) is 4.28. The van der Waals surface area contributed by atoms with E-state index in [1.807, 2.05) is 41.2 Å². The van der Waals surface area contributed by atoms with Gasteiger partial charge in [0.05, 0.1) is 18.3 Å². The molecule has 2 N–H and O–H groups in total. The number of benzene rings is 1. The van der Waals surface area contributed by atoms with Gasteiger partial charge in [0, 0.05) is 40.4 Å². The largest absolute Gasteiger partial charge is 0.389 e. The number of H-pyrrole nitrogens is 1. The SMILES string of the molecule is CC(C)(O)Cn1ccc2c(C(=O)N(C3CC3)C3CCc4[nH]ncc4C3)cccc21. The highest BCUT2D eigenvalue weighted by atomic mass is 16.3. The molecular weight excluding hydrogens is 364 g/mol. The molecule has 1 fully saturated rings. The Hall–Kier alpha value is -2.60. The van der Waals surface area contributed by atoms with Crippen molar-refractivity contribution < 1.29 is 9.90 Å². The summed E-state index contributed by atoms with van der Waals surface area (Å²) >= 11 is 0. The van der Waals surface area contributed by atoms with Crippen molar-refractivity contribution in [3.8, 4) is 0 Å². The number of amides is 1. The van der Waals surface area contributed by atoms with Gasteiger partial charge in [-0.3, -0.25) is 9.89 Å². The molecule has 2 heterocycles. The number of rotatable bonds is 5. The van der Waals surface area contributed by atoms with Crippen LogP contribution < -0.4 is 0 Å². The Morgan fingerprint density at radius 3 is 2.86 bits per heavy atom. The van der Waals surface area contributed by atoms with Gasteiger partial charge in [0.1, 0.15) is 0 Å². The summed E-state index contributed by atoms with van der Waals surface area (Å²) in [6.45, 7) is 4.10. The third-order valence-electron chi connectivity index (χ3n) is 6.16. The number of aliphatic hydroxyl groups is 1. The van der Waals surface area contributed by atoms with E-state index in [2.05, 4.69) is 15.1 Å². The zero-order valence-corrected chi connectivity index (χ0v) is 17.1. The highest BCUT2D eigenvalue weighted by Gasteiger charge is 2.39. The van der Waals surface area contributed by atoms with Crippen molar-refractivity contribution in [2.24, 2.45) is 0 Å². The van der Waals surface area contributed by atoms with Crippen molar-refractivity contribution in [3.63, 3.8) is 0 Å². The predicted molar refractivity (Wildman–Crippen MR) is 112 cm³/mol. The Morgan fingerprint density at radius 2 is 2.10 bits per heavy atom. The maximum atomic E-state index is 13.7. The van der Waals surface area contributed by atoms with Gasteiger partial charge in [-0.25, -0.2) is 0 Å². The van der Waals surface area contributed by atoms with Gasteiger partial charge in [0.15, 0.2) is 0 Å². The van der Waals surface area contributed by atoms with Gasteiger partial charge < -0.3 is 14.6 Å². The molecule has 3 aromatic rings.